The van der Waals surface area contributed by atoms with Crippen LogP contribution in [0.1, 0.15) is 6.92 Å². The zero-order valence-electron chi connectivity index (χ0n) is 4.30. The van der Waals surface area contributed by atoms with E-state index in [1.165, 1.54) is 14.0 Å². The molecule has 0 unspecified atom stereocenters. The van der Waals surface area contributed by atoms with E-state index < -0.39 is 0 Å². The van der Waals surface area contributed by atoms with Crippen LogP contribution in [0.15, 0.2) is 0 Å². The second kappa shape index (κ2) is 2.54. The highest BCUT2D eigenvalue weighted by Gasteiger charge is 1.93. The molecule has 0 rings (SSSR count). The largest absolute Gasteiger partial charge is 0.285 e. The summed E-state index contributed by atoms with van der Waals surface area (Å²) in [5.41, 5.74) is 0. The molecule has 0 heterocycles. The van der Waals surface area contributed by atoms with Gasteiger partial charge in [0.25, 0.3) is 0 Å². The smallest absolute Gasteiger partial charge is 0.149 e. The minimum atomic E-state index is -0.0394. The Morgan fingerprint density at radius 2 is 2.29 bits per heavy atom. The van der Waals surface area contributed by atoms with Gasteiger partial charge in [0.15, 0.2) is 0 Å². The van der Waals surface area contributed by atoms with Gasteiger partial charge in [0, 0.05) is 0 Å². The Morgan fingerprint density at radius 3 is 2.29 bits per heavy atom. The van der Waals surface area contributed by atoms with E-state index in [1.807, 2.05) is 0 Å². The molecule has 4 nitrogen and oxygen atoms in total. The molecule has 42 valence electrons. The summed E-state index contributed by atoms with van der Waals surface area (Å²) in [4.78, 5) is 4.18. The molecular weight excluding hydrogens is 96.0 g/mol. The van der Waals surface area contributed by atoms with Crippen molar-refractivity contribution in [3.63, 3.8) is 0 Å². The molecule has 0 fully saturated rings. The molecule has 0 spiro atoms. The molecule has 0 saturated carbocycles. The van der Waals surface area contributed by atoms with Crippen LogP contribution < -0.4 is 0 Å². The van der Waals surface area contributed by atoms with Gasteiger partial charge in [0.1, 0.15) is 5.84 Å². The molecule has 0 aliphatic carbocycles. The Labute approximate surface area is 41.7 Å². The zero-order chi connectivity index (χ0) is 5.86. The Hall–Kier alpha value is -0.610. The molecule has 0 saturated heterocycles. The van der Waals surface area contributed by atoms with Crippen molar-refractivity contribution in [3.05, 3.63) is 0 Å². The third-order valence-electron chi connectivity index (χ3n) is 0.460. The van der Waals surface area contributed by atoms with Crippen LogP contribution in [0, 0.1) is 5.41 Å². The quantitative estimate of drug-likeness (QED) is 0.284. The standard InChI is InChI=1S/C3H8N2O2/c1-3(4)5(6)7-2/h4,6H,1-2H3. The fourth-order valence-corrected chi connectivity index (χ4v) is 0.137. The van der Waals surface area contributed by atoms with Crippen LogP contribution in [0.25, 0.3) is 0 Å². The molecule has 0 amide bonds. The third-order valence-corrected chi connectivity index (χ3v) is 0.460. The van der Waals surface area contributed by atoms with Gasteiger partial charge in [-0.15, -0.1) is 5.23 Å². The number of hydroxylamine groups is 2. The SMILES string of the molecule is CON(O)C(C)=N. The Bertz CT molecular complexity index is 73.3. The van der Waals surface area contributed by atoms with Gasteiger partial charge >= 0.3 is 0 Å². The summed E-state index contributed by atoms with van der Waals surface area (Å²) < 4.78 is 0. The summed E-state index contributed by atoms with van der Waals surface area (Å²) in [5.74, 6) is -0.0394. The van der Waals surface area contributed by atoms with E-state index in [0.717, 1.165) is 0 Å². The minimum Gasteiger partial charge on any atom is -0.285 e. The summed E-state index contributed by atoms with van der Waals surface area (Å²) in [7, 11) is 1.28. The highest BCUT2D eigenvalue weighted by molar-refractivity contribution is 5.73. The maximum absolute atomic E-state index is 8.32. The Balaban J connectivity index is 3.34. The summed E-state index contributed by atoms with van der Waals surface area (Å²) in [6, 6.07) is 0. The highest BCUT2D eigenvalue weighted by atomic mass is 16.9. The predicted molar refractivity (Wildman–Crippen MR) is 24.0 cm³/mol. The highest BCUT2D eigenvalue weighted by Crippen LogP contribution is 1.78. The predicted octanol–water partition coefficient (Wildman–Crippen LogP) is 0.236. The molecule has 0 aliphatic rings. The number of rotatable bonds is 1. The van der Waals surface area contributed by atoms with Crippen molar-refractivity contribution in [3.8, 4) is 0 Å². The van der Waals surface area contributed by atoms with Crippen LogP contribution in [0.3, 0.4) is 0 Å². The monoisotopic (exact) mass is 104 g/mol. The fourth-order valence-electron chi connectivity index (χ4n) is 0.137. The lowest BCUT2D eigenvalue weighted by Crippen LogP contribution is -2.21. The van der Waals surface area contributed by atoms with Crippen molar-refractivity contribution in [1.82, 2.24) is 5.23 Å². The average Bonchev–Trinajstić information content (AvgIpc) is 1.65. The molecule has 2 N–H and O–H groups in total. The van der Waals surface area contributed by atoms with Crippen LogP contribution in [0.4, 0.5) is 0 Å². The first-order valence-corrected chi connectivity index (χ1v) is 1.76. The van der Waals surface area contributed by atoms with Crippen LogP contribution in [-0.2, 0) is 4.84 Å². The summed E-state index contributed by atoms with van der Waals surface area (Å²) >= 11 is 0. The van der Waals surface area contributed by atoms with Gasteiger partial charge in [-0.1, -0.05) is 0 Å². The summed E-state index contributed by atoms with van der Waals surface area (Å²) in [6.45, 7) is 1.41. The van der Waals surface area contributed by atoms with Gasteiger partial charge in [-0.25, -0.2) is 0 Å². The van der Waals surface area contributed by atoms with Crippen molar-refractivity contribution in [1.29, 1.82) is 5.41 Å². The molecule has 0 aromatic heterocycles. The third kappa shape index (κ3) is 2.13. The topological polar surface area (TPSA) is 56.6 Å². The summed E-state index contributed by atoms with van der Waals surface area (Å²) in [5, 5.41) is 15.3. The van der Waals surface area contributed by atoms with Crippen molar-refractivity contribution >= 4 is 5.84 Å². The maximum atomic E-state index is 8.32. The average molecular weight is 104 g/mol. The molecule has 0 radical (unpaired) electrons. The number of nitrogens with zero attached hydrogens (tertiary/aromatic N) is 1. The van der Waals surface area contributed by atoms with Gasteiger partial charge in [0.05, 0.1) is 7.11 Å². The van der Waals surface area contributed by atoms with Crippen molar-refractivity contribution in [2.45, 2.75) is 6.92 Å². The number of hydrogen-bond acceptors (Lipinski definition) is 3. The first kappa shape index (κ1) is 6.39. The molecule has 0 atom stereocenters. The van der Waals surface area contributed by atoms with Crippen molar-refractivity contribution in [2.75, 3.05) is 7.11 Å². The van der Waals surface area contributed by atoms with Gasteiger partial charge in [-0.3, -0.25) is 15.5 Å². The second-order valence-electron chi connectivity index (χ2n) is 1.04. The van der Waals surface area contributed by atoms with E-state index >= 15 is 0 Å². The number of hydrogen-bond donors (Lipinski definition) is 2. The van der Waals surface area contributed by atoms with Gasteiger partial charge < -0.3 is 0 Å². The van der Waals surface area contributed by atoms with Crippen molar-refractivity contribution in [2.24, 2.45) is 0 Å². The van der Waals surface area contributed by atoms with Gasteiger partial charge in [0.2, 0.25) is 0 Å². The van der Waals surface area contributed by atoms with Crippen LogP contribution in [0.2, 0.25) is 0 Å². The molecule has 4 heteroatoms. The molecule has 7 heavy (non-hydrogen) atoms. The Kier molecular flexibility index (Phi) is 2.32. The van der Waals surface area contributed by atoms with E-state index in [9.17, 15) is 0 Å². The summed E-state index contributed by atoms with van der Waals surface area (Å²) in [6.07, 6.45) is 0. The second-order valence-corrected chi connectivity index (χ2v) is 1.04. The first-order valence-electron chi connectivity index (χ1n) is 1.76. The lowest BCUT2D eigenvalue weighted by atomic mass is 10.7. The number of amidine groups is 1. The van der Waals surface area contributed by atoms with Crippen LogP contribution in [0.5, 0.6) is 0 Å². The number of nitrogens with one attached hydrogen (secondary N) is 1. The normalized spacial score (nSPS) is 8.43. The lowest BCUT2D eigenvalue weighted by molar-refractivity contribution is -0.268. The maximum Gasteiger partial charge on any atom is 0.149 e. The molecule has 0 aliphatic heterocycles. The van der Waals surface area contributed by atoms with Crippen LogP contribution in [-0.4, -0.2) is 23.4 Å². The van der Waals surface area contributed by atoms with Crippen LogP contribution >= 0.6 is 0 Å². The molecule has 0 bridgehead atoms. The van der Waals surface area contributed by atoms with E-state index in [1.54, 1.807) is 0 Å². The van der Waals surface area contributed by atoms with E-state index in [0.29, 0.717) is 5.23 Å². The molecule has 0 aromatic carbocycles. The van der Waals surface area contributed by atoms with Crippen molar-refractivity contribution < 1.29 is 10.0 Å². The molecule has 0 aromatic rings. The minimum absolute atomic E-state index is 0.0394. The van der Waals surface area contributed by atoms with E-state index in [-0.39, 0.29) is 5.84 Å². The van der Waals surface area contributed by atoms with Gasteiger partial charge in [-0.2, -0.15) is 0 Å². The fraction of sp³-hybridized carbons (Fsp3) is 0.667. The molecular formula is C3H8N2O2. The lowest BCUT2D eigenvalue weighted by Gasteiger charge is -2.08. The Morgan fingerprint density at radius 1 is 1.86 bits per heavy atom. The van der Waals surface area contributed by atoms with Gasteiger partial charge in [-0.05, 0) is 6.92 Å². The van der Waals surface area contributed by atoms with E-state index in [4.69, 9.17) is 10.6 Å². The first-order chi connectivity index (χ1) is 3.18. The van der Waals surface area contributed by atoms with E-state index in [2.05, 4.69) is 4.84 Å². The zero-order valence-corrected chi connectivity index (χ0v) is 4.30.